The number of fused-ring (bicyclic) bond motifs is 2. The van der Waals surface area contributed by atoms with E-state index in [1.54, 1.807) is 35.2 Å². The lowest BCUT2D eigenvalue weighted by molar-refractivity contribution is -0.201. The minimum absolute atomic E-state index is 0.0342. The van der Waals surface area contributed by atoms with Gasteiger partial charge >= 0.3 is 5.97 Å². The molecule has 1 N–H and O–H groups in total. The second-order valence-electron chi connectivity index (χ2n) is 8.30. The summed E-state index contributed by atoms with van der Waals surface area (Å²) in [6.45, 7) is 5.01. The summed E-state index contributed by atoms with van der Waals surface area (Å²) in [5.74, 6) is -1.26. The number of rotatable bonds is 5. The van der Waals surface area contributed by atoms with Crippen LogP contribution in [0.15, 0.2) is 43.0 Å². The van der Waals surface area contributed by atoms with Gasteiger partial charge in [-0.1, -0.05) is 18.2 Å². The van der Waals surface area contributed by atoms with Crippen molar-refractivity contribution < 1.29 is 28.5 Å². The van der Waals surface area contributed by atoms with Crippen LogP contribution < -0.4 is 5.32 Å². The number of anilines is 1. The third-order valence-corrected chi connectivity index (χ3v) is 5.48. The van der Waals surface area contributed by atoms with Crippen molar-refractivity contribution in [2.75, 3.05) is 11.9 Å². The van der Waals surface area contributed by atoms with Gasteiger partial charge in [0.25, 0.3) is 5.91 Å². The molecular weight excluding hydrogens is 430 g/mol. The van der Waals surface area contributed by atoms with E-state index in [9.17, 15) is 9.59 Å². The van der Waals surface area contributed by atoms with E-state index in [1.165, 1.54) is 13.3 Å². The highest BCUT2D eigenvalue weighted by Crippen LogP contribution is 2.44. The predicted molar refractivity (Wildman–Crippen MR) is 114 cm³/mol. The minimum Gasteiger partial charge on any atom is -0.463 e. The van der Waals surface area contributed by atoms with E-state index in [1.807, 2.05) is 19.9 Å². The smallest absolute Gasteiger partial charge is 0.302 e. The second-order valence-corrected chi connectivity index (χ2v) is 8.30. The Hall–Kier alpha value is -3.41. The van der Waals surface area contributed by atoms with Crippen LogP contribution in [-0.4, -0.2) is 62.1 Å². The van der Waals surface area contributed by atoms with Crippen molar-refractivity contribution in [2.24, 2.45) is 0 Å². The van der Waals surface area contributed by atoms with Crippen LogP contribution in [-0.2, 0) is 23.7 Å². The number of carbonyl (C=O) groups excluding carboxylic acids is 2. The van der Waals surface area contributed by atoms with Crippen molar-refractivity contribution in [1.29, 1.82) is 0 Å². The topological polar surface area (TPSA) is 127 Å². The molecule has 2 aliphatic rings. The largest absolute Gasteiger partial charge is 0.463 e. The molecule has 5 rings (SSSR count). The molecule has 0 radical (unpaired) electrons. The molecule has 3 aromatic rings. The zero-order valence-corrected chi connectivity index (χ0v) is 18.3. The highest BCUT2D eigenvalue weighted by atomic mass is 16.8. The normalized spacial score (nSPS) is 25.7. The number of nitrogens with one attached hydrogen (secondary N) is 1. The van der Waals surface area contributed by atoms with Gasteiger partial charge in [-0.3, -0.25) is 14.2 Å². The summed E-state index contributed by atoms with van der Waals surface area (Å²) in [5, 5.41) is 2.79. The van der Waals surface area contributed by atoms with Gasteiger partial charge in [0.05, 0.1) is 6.33 Å². The van der Waals surface area contributed by atoms with Gasteiger partial charge in [0.2, 0.25) is 0 Å². The van der Waals surface area contributed by atoms with E-state index in [4.69, 9.17) is 18.9 Å². The number of hydrogen-bond donors (Lipinski definition) is 1. The number of hydrogen-bond acceptors (Lipinski definition) is 9. The van der Waals surface area contributed by atoms with Crippen LogP contribution >= 0.6 is 0 Å². The van der Waals surface area contributed by atoms with Gasteiger partial charge in [-0.15, -0.1) is 0 Å². The van der Waals surface area contributed by atoms with Gasteiger partial charge in [-0.2, -0.15) is 0 Å². The highest BCUT2D eigenvalue weighted by Gasteiger charge is 2.56. The number of imidazole rings is 1. The van der Waals surface area contributed by atoms with Crippen LogP contribution in [0.2, 0.25) is 0 Å². The Labute approximate surface area is 189 Å². The lowest BCUT2D eigenvalue weighted by Crippen LogP contribution is -2.33. The van der Waals surface area contributed by atoms with Crippen molar-refractivity contribution in [2.45, 2.75) is 51.1 Å². The third-order valence-electron chi connectivity index (χ3n) is 5.48. The summed E-state index contributed by atoms with van der Waals surface area (Å²) in [5.41, 5.74) is 1.36. The molecule has 0 saturated carbocycles. The summed E-state index contributed by atoms with van der Waals surface area (Å²) in [6.07, 6.45) is 0.829. The first-order chi connectivity index (χ1) is 15.8. The van der Waals surface area contributed by atoms with Gasteiger partial charge in [-0.25, -0.2) is 15.0 Å². The Bertz CT molecular complexity index is 1200. The molecule has 4 atom stereocenters. The Morgan fingerprint density at radius 3 is 2.64 bits per heavy atom. The summed E-state index contributed by atoms with van der Waals surface area (Å²) >= 11 is 0. The summed E-state index contributed by atoms with van der Waals surface area (Å²) in [7, 11) is 0. The molecule has 0 aliphatic carbocycles. The van der Waals surface area contributed by atoms with Crippen LogP contribution in [0.5, 0.6) is 0 Å². The molecule has 33 heavy (non-hydrogen) atoms. The molecule has 4 heterocycles. The summed E-state index contributed by atoms with van der Waals surface area (Å²) < 4.78 is 25.2. The molecule has 0 bridgehead atoms. The van der Waals surface area contributed by atoms with Crippen molar-refractivity contribution in [3.8, 4) is 0 Å². The highest BCUT2D eigenvalue weighted by molar-refractivity contribution is 6.06. The van der Waals surface area contributed by atoms with Gasteiger partial charge in [0.15, 0.2) is 29.0 Å². The van der Waals surface area contributed by atoms with E-state index in [0.717, 1.165) is 0 Å². The number of esters is 1. The summed E-state index contributed by atoms with van der Waals surface area (Å²) in [4.78, 5) is 36.9. The molecule has 172 valence electrons. The van der Waals surface area contributed by atoms with E-state index >= 15 is 0 Å². The number of amides is 1. The molecule has 2 aliphatic heterocycles. The van der Waals surface area contributed by atoms with Crippen molar-refractivity contribution in [3.63, 3.8) is 0 Å². The first-order valence-corrected chi connectivity index (χ1v) is 10.5. The lowest BCUT2D eigenvalue weighted by atomic mass is 10.1. The van der Waals surface area contributed by atoms with Crippen molar-refractivity contribution in [3.05, 3.63) is 48.5 Å². The first-order valence-electron chi connectivity index (χ1n) is 10.5. The van der Waals surface area contributed by atoms with Gasteiger partial charge in [0.1, 0.15) is 31.2 Å². The van der Waals surface area contributed by atoms with E-state index in [2.05, 4.69) is 20.3 Å². The fourth-order valence-electron chi connectivity index (χ4n) is 4.12. The molecular formula is C22H23N5O6. The number of aromatic nitrogens is 4. The first kappa shape index (κ1) is 21.4. The molecule has 0 unspecified atom stereocenters. The Morgan fingerprint density at radius 1 is 1.12 bits per heavy atom. The molecule has 11 heteroatoms. The molecule has 0 spiro atoms. The van der Waals surface area contributed by atoms with Crippen LogP contribution in [0.1, 0.15) is 37.4 Å². The summed E-state index contributed by atoms with van der Waals surface area (Å²) in [6, 6.07) is 8.82. The van der Waals surface area contributed by atoms with Gasteiger partial charge in [-0.05, 0) is 26.0 Å². The SMILES string of the molecule is CC(=O)OC[C@H]1O[C@@H](n2cnc3c(NC(=O)c4ccccc4)ncnc32)[C@@H]2OC(C)(C)O[C@@H]21. The molecule has 1 amide bonds. The fourth-order valence-corrected chi connectivity index (χ4v) is 4.12. The van der Waals surface area contributed by atoms with Crippen molar-refractivity contribution in [1.82, 2.24) is 19.5 Å². The molecule has 2 saturated heterocycles. The zero-order valence-electron chi connectivity index (χ0n) is 18.3. The van der Waals surface area contributed by atoms with E-state index in [-0.39, 0.29) is 18.3 Å². The average molecular weight is 453 g/mol. The van der Waals surface area contributed by atoms with Crippen LogP contribution in [0, 0.1) is 0 Å². The van der Waals surface area contributed by atoms with Crippen LogP contribution in [0.25, 0.3) is 11.2 Å². The fraction of sp³-hybridized carbons (Fsp3) is 0.409. The maximum atomic E-state index is 12.6. The number of ether oxygens (including phenoxy) is 4. The van der Waals surface area contributed by atoms with E-state index in [0.29, 0.717) is 16.7 Å². The molecule has 11 nitrogen and oxygen atoms in total. The maximum absolute atomic E-state index is 12.6. The van der Waals surface area contributed by atoms with Crippen LogP contribution in [0.3, 0.4) is 0 Å². The lowest BCUT2D eigenvalue weighted by Gasteiger charge is -2.24. The van der Waals surface area contributed by atoms with Gasteiger partial charge in [0, 0.05) is 12.5 Å². The third kappa shape index (κ3) is 4.06. The monoisotopic (exact) mass is 453 g/mol. The van der Waals surface area contributed by atoms with E-state index < -0.39 is 36.3 Å². The second kappa shape index (κ2) is 8.18. The molecule has 2 fully saturated rings. The molecule has 1 aromatic carbocycles. The average Bonchev–Trinajstić information content (AvgIpc) is 3.44. The number of benzene rings is 1. The Kier molecular flexibility index (Phi) is 5.31. The number of carbonyl (C=O) groups is 2. The zero-order chi connectivity index (χ0) is 23.2. The molecule has 2 aromatic heterocycles. The van der Waals surface area contributed by atoms with Crippen LogP contribution in [0.4, 0.5) is 5.82 Å². The quantitative estimate of drug-likeness (QED) is 0.578. The minimum atomic E-state index is -0.827. The Balaban J connectivity index is 1.44. The van der Waals surface area contributed by atoms with Crippen molar-refractivity contribution >= 4 is 28.9 Å². The number of nitrogens with zero attached hydrogens (tertiary/aromatic N) is 4. The van der Waals surface area contributed by atoms with Gasteiger partial charge < -0.3 is 24.3 Å². The predicted octanol–water partition coefficient (Wildman–Crippen LogP) is 2.06. The standard InChI is InChI=1S/C22H23N5O6/c1-12(28)30-9-14-16-17(33-22(2,3)32-16)21(31-14)27-11-25-15-18(23-10-24-19(15)27)26-20(29)13-7-5-4-6-8-13/h4-8,10-11,14,16-17,21H,9H2,1-3H3,(H,23,24,26,29)/t14-,16-,17-,21-/m1/s1. The Morgan fingerprint density at radius 2 is 1.88 bits per heavy atom. The maximum Gasteiger partial charge on any atom is 0.302 e.